The first-order chi connectivity index (χ1) is 12.8. The van der Waals surface area contributed by atoms with Crippen LogP contribution in [0.25, 0.3) is 0 Å². The molecule has 0 saturated carbocycles. The Morgan fingerprint density at radius 2 is 1.56 bits per heavy atom. The lowest BCUT2D eigenvalue weighted by atomic mass is 9.82. The van der Waals surface area contributed by atoms with Crippen LogP contribution in [0.3, 0.4) is 0 Å². The van der Waals surface area contributed by atoms with E-state index in [9.17, 15) is 18.3 Å². The number of carboxylic acid groups (broad SMARTS) is 1. The molecule has 0 atom stereocenters. The molecule has 2 aromatic rings. The Morgan fingerprint density at radius 1 is 1.04 bits per heavy atom. The van der Waals surface area contributed by atoms with E-state index in [1.807, 2.05) is 12.1 Å². The van der Waals surface area contributed by atoms with Gasteiger partial charge in [0.25, 0.3) is 0 Å². The third-order valence-corrected chi connectivity index (χ3v) is 7.05. The summed E-state index contributed by atoms with van der Waals surface area (Å²) in [5.74, 6) is -0.410. The second-order valence-electron chi connectivity index (χ2n) is 6.48. The zero-order valence-corrected chi connectivity index (χ0v) is 16.8. The predicted octanol–water partition coefficient (Wildman–Crippen LogP) is 3.90. The highest BCUT2D eigenvalue weighted by atomic mass is 79.9. The van der Waals surface area contributed by atoms with E-state index in [2.05, 4.69) is 15.9 Å². The largest absolute Gasteiger partial charge is 0.481 e. The summed E-state index contributed by atoms with van der Waals surface area (Å²) in [6.45, 7) is 0.504. The zero-order chi connectivity index (χ0) is 19.5. The Labute approximate surface area is 166 Å². The first-order valence-corrected chi connectivity index (χ1v) is 10.8. The van der Waals surface area contributed by atoms with E-state index in [0.717, 1.165) is 4.47 Å². The van der Waals surface area contributed by atoms with Gasteiger partial charge in [0.15, 0.2) is 9.84 Å². The van der Waals surface area contributed by atoms with Gasteiger partial charge in [0.2, 0.25) is 0 Å². The van der Waals surface area contributed by atoms with E-state index < -0.39 is 27.0 Å². The highest BCUT2D eigenvalue weighted by molar-refractivity contribution is 9.10. The number of ether oxygens (including phenoxy) is 2. The molecule has 0 spiro atoms. The van der Waals surface area contributed by atoms with Crippen LogP contribution in [0.15, 0.2) is 57.9 Å². The molecule has 0 aliphatic carbocycles. The van der Waals surface area contributed by atoms with E-state index in [4.69, 9.17) is 9.47 Å². The van der Waals surface area contributed by atoms with Gasteiger partial charge >= 0.3 is 5.97 Å². The van der Waals surface area contributed by atoms with Crippen molar-refractivity contribution in [2.45, 2.75) is 17.7 Å². The van der Waals surface area contributed by atoms with Crippen molar-refractivity contribution in [3.8, 4) is 11.5 Å². The molecule has 0 amide bonds. The second-order valence-corrected chi connectivity index (χ2v) is 9.39. The summed E-state index contributed by atoms with van der Waals surface area (Å²) in [4.78, 5) is 11.8. The molecule has 1 aliphatic heterocycles. The van der Waals surface area contributed by atoms with Gasteiger partial charge in [-0.05, 0) is 61.4 Å². The quantitative estimate of drug-likeness (QED) is 0.711. The van der Waals surface area contributed by atoms with Crippen LogP contribution in [0.5, 0.6) is 11.5 Å². The molecule has 0 aromatic heterocycles. The van der Waals surface area contributed by atoms with E-state index >= 15 is 0 Å². The van der Waals surface area contributed by atoms with Crippen LogP contribution in [0.4, 0.5) is 0 Å². The lowest BCUT2D eigenvalue weighted by Crippen LogP contribution is -2.42. The molecular formula is C19H19BrO6S. The number of halogens is 1. The number of rotatable bonds is 6. The van der Waals surface area contributed by atoms with Crippen molar-refractivity contribution in [1.82, 2.24) is 0 Å². The maximum absolute atomic E-state index is 12.8. The number of aliphatic carboxylic acids is 1. The Bertz CT molecular complexity index is 900. The monoisotopic (exact) mass is 454 g/mol. The Hall–Kier alpha value is -1.90. The van der Waals surface area contributed by atoms with Crippen LogP contribution in [-0.4, -0.2) is 38.5 Å². The number of hydrogen-bond acceptors (Lipinski definition) is 5. The van der Waals surface area contributed by atoms with Crippen molar-refractivity contribution in [2.24, 2.45) is 5.41 Å². The topological polar surface area (TPSA) is 89.9 Å². The lowest BCUT2D eigenvalue weighted by Gasteiger charge is -2.32. The van der Waals surface area contributed by atoms with E-state index in [1.165, 1.54) is 12.1 Å². The molecule has 8 heteroatoms. The van der Waals surface area contributed by atoms with Crippen molar-refractivity contribution in [1.29, 1.82) is 0 Å². The molecule has 1 N–H and O–H groups in total. The van der Waals surface area contributed by atoms with Gasteiger partial charge in [-0.15, -0.1) is 0 Å². The Morgan fingerprint density at radius 3 is 2.07 bits per heavy atom. The van der Waals surface area contributed by atoms with E-state index in [0.29, 0.717) is 11.5 Å². The van der Waals surface area contributed by atoms with Crippen molar-refractivity contribution < 1.29 is 27.8 Å². The molecule has 1 saturated heterocycles. The summed E-state index contributed by atoms with van der Waals surface area (Å²) in [6, 6.07) is 13.3. The third kappa shape index (κ3) is 4.69. The molecule has 1 aliphatic rings. The normalized spacial score (nSPS) is 16.6. The molecule has 0 bridgehead atoms. The van der Waals surface area contributed by atoms with Crippen molar-refractivity contribution in [2.75, 3.05) is 19.0 Å². The molecule has 1 fully saturated rings. The standard InChI is InChI=1S/C19H19BrO6S/c20-14-1-3-15(4-2-14)26-16-5-7-17(8-6-16)27(23,24)13-19(18(21)22)9-11-25-12-10-19/h1-8H,9-13H2,(H,21,22). The minimum absolute atomic E-state index is 0.0813. The molecular weight excluding hydrogens is 436 g/mol. The fraction of sp³-hybridized carbons (Fsp3) is 0.316. The van der Waals surface area contributed by atoms with Gasteiger partial charge in [0, 0.05) is 17.7 Å². The SMILES string of the molecule is O=C(O)C1(CS(=O)(=O)c2ccc(Oc3ccc(Br)cc3)cc2)CCOCC1. The van der Waals surface area contributed by atoms with E-state index in [1.54, 1.807) is 24.3 Å². The fourth-order valence-electron chi connectivity index (χ4n) is 2.98. The molecule has 144 valence electrons. The molecule has 2 aromatic carbocycles. The van der Waals surface area contributed by atoms with Gasteiger partial charge < -0.3 is 14.6 Å². The van der Waals surface area contributed by atoms with Crippen molar-refractivity contribution >= 4 is 31.7 Å². The molecule has 27 heavy (non-hydrogen) atoms. The van der Waals surface area contributed by atoms with Crippen LogP contribution in [-0.2, 0) is 19.4 Å². The Balaban J connectivity index is 1.76. The summed E-state index contributed by atoms with van der Waals surface area (Å²) < 4.78 is 37.3. The summed E-state index contributed by atoms with van der Waals surface area (Å²) >= 11 is 3.35. The van der Waals surface area contributed by atoms with Gasteiger partial charge in [-0.25, -0.2) is 8.42 Å². The average molecular weight is 455 g/mol. The van der Waals surface area contributed by atoms with Gasteiger partial charge in [0.1, 0.15) is 11.5 Å². The van der Waals surface area contributed by atoms with Gasteiger partial charge in [-0.3, -0.25) is 4.79 Å². The summed E-state index contributed by atoms with van der Waals surface area (Å²) in [5.41, 5.74) is -1.30. The molecule has 1 heterocycles. The number of carboxylic acids is 1. The first-order valence-electron chi connectivity index (χ1n) is 8.38. The lowest BCUT2D eigenvalue weighted by molar-refractivity contribution is -0.152. The number of sulfone groups is 1. The Kier molecular flexibility index (Phi) is 5.88. The van der Waals surface area contributed by atoms with Crippen LogP contribution >= 0.6 is 15.9 Å². The zero-order valence-electron chi connectivity index (χ0n) is 14.4. The van der Waals surface area contributed by atoms with Crippen LogP contribution < -0.4 is 4.74 Å². The van der Waals surface area contributed by atoms with E-state index in [-0.39, 0.29) is 31.0 Å². The molecule has 0 radical (unpaired) electrons. The predicted molar refractivity (Wildman–Crippen MR) is 103 cm³/mol. The summed E-state index contributed by atoms with van der Waals surface area (Å²) in [7, 11) is -3.76. The molecule has 0 unspecified atom stereocenters. The second kappa shape index (κ2) is 8.00. The minimum Gasteiger partial charge on any atom is -0.481 e. The highest BCUT2D eigenvalue weighted by Crippen LogP contribution is 2.35. The van der Waals surface area contributed by atoms with Crippen LogP contribution in [0, 0.1) is 5.41 Å². The number of benzene rings is 2. The minimum atomic E-state index is -3.76. The maximum atomic E-state index is 12.8. The first kappa shape index (κ1) is 19.9. The smallest absolute Gasteiger partial charge is 0.310 e. The van der Waals surface area contributed by atoms with Gasteiger partial charge in [-0.1, -0.05) is 15.9 Å². The number of carbonyl (C=O) groups is 1. The van der Waals surface area contributed by atoms with Crippen LogP contribution in [0.2, 0.25) is 0 Å². The van der Waals surface area contributed by atoms with Gasteiger partial charge in [-0.2, -0.15) is 0 Å². The summed E-state index contributed by atoms with van der Waals surface area (Å²) in [5, 5.41) is 9.58. The third-order valence-electron chi connectivity index (χ3n) is 4.60. The fourth-order valence-corrected chi connectivity index (χ4v) is 5.10. The van der Waals surface area contributed by atoms with Crippen molar-refractivity contribution in [3.05, 3.63) is 53.0 Å². The van der Waals surface area contributed by atoms with Crippen molar-refractivity contribution in [3.63, 3.8) is 0 Å². The number of hydrogen-bond donors (Lipinski definition) is 1. The summed E-state index contributed by atoms with van der Waals surface area (Å²) in [6.07, 6.45) is 0.374. The highest BCUT2D eigenvalue weighted by Gasteiger charge is 2.44. The van der Waals surface area contributed by atoms with Gasteiger partial charge in [0.05, 0.1) is 16.1 Å². The maximum Gasteiger partial charge on any atom is 0.310 e. The molecule has 6 nitrogen and oxygen atoms in total. The average Bonchev–Trinajstić information content (AvgIpc) is 2.64. The molecule has 3 rings (SSSR count). The van der Waals surface area contributed by atoms with Crippen LogP contribution in [0.1, 0.15) is 12.8 Å².